The van der Waals surface area contributed by atoms with Crippen LogP contribution in [0.25, 0.3) is 6.08 Å². The Morgan fingerprint density at radius 2 is 1.92 bits per heavy atom. The van der Waals surface area contributed by atoms with E-state index >= 15 is 0 Å². The number of esters is 1. The molecule has 0 aromatic heterocycles. The zero-order valence-corrected chi connectivity index (χ0v) is 13.6. The number of carbonyl (C=O) groups is 2. The van der Waals surface area contributed by atoms with E-state index in [2.05, 4.69) is 5.32 Å². The van der Waals surface area contributed by atoms with Crippen LogP contribution in [0.3, 0.4) is 0 Å². The topological polar surface area (TPSA) is 55.4 Å². The fraction of sp³-hybridized carbons (Fsp3) is 0.111. The summed E-state index contributed by atoms with van der Waals surface area (Å²) in [6, 6.07) is 12.8. The summed E-state index contributed by atoms with van der Waals surface area (Å²) in [6.07, 6.45) is 1.80. The smallest absolute Gasteiger partial charge is 0.331 e. The van der Waals surface area contributed by atoms with E-state index < -0.39 is 23.8 Å². The second-order valence-electron chi connectivity index (χ2n) is 4.94. The van der Waals surface area contributed by atoms with Gasteiger partial charge >= 0.3 is 5.97 Å². The van der Waals surface area contributed by atoms with Gasteiger partial charge in [0.2, 0.25) is 0 Å². The summed E-state index contributed by atoms with van der Waals surface area (Å²) in [5.74, 6) is -1.72. The predicted octanol–water partition coefficient (Wildman–Crippen LogP) is 4.06. The Labute approximate surface area is 143 Å². The number of anilines is 1. The van der Waals surface area contributed by atoms with E-state index in [1.165, 1.54) is 25.1 Å². The molecule has 0 radical (unpaired) electrons. The molecule has 124 valence electrons. The lowest BCUT2D eigenvalue weighted by Gasteiger charge is -2.13. The lowest BCUT2D eigenvalue weighted by molar-refractivity contribution is -0.148. The minimum atomic E-state index is -1.03. The van der Waals surface area contributed by atoms with Crippen LogP contribution in [0.1, 0.15) is 12.5 Å². The van der Waals surface area contributed by atoms with E-state index in [9.17, 15) is 14.0 Å². The minimum Gasteiger partial charge on any atom is -0.449 e. The second kappa shape index (κ2) is 8.26. The molecule has 0 aliphatic carbocycles. The highest BCUT2D eigenvalue weighted by Crippen LogP contribution is 2.22. The molecule has 0 aliphatic heterocycles. The van der Waals surface area contributed by atoms with Crippen LogP contribution in [0.15, 0.2) is 54.6 Å². The monoisotopic (exact) mass is 347 g/mol. The van der Waals surface area contributed by atoms with Crippen LogP contribution >= 0.6 is 11.6 Å². The molecule has 2 aromatic carbocycles. The second-order valence-corrected chi connectivity index (χ2v) is 5.34. The zero-order valence-electron chi connectivity index (χ0n) is 12.8. The Kier molecular flexibility index (Phi) is 6.09. The average molecular weight is 348 g/mol. The maximum Gasteiger partial charge on any atom is 0.331 e. The van der Waals surface area contributed by atoms with Gasteiger partial charge < -0.3 is 10.1 Å². The van der Waals surface area contributed by atoms with Gasteiger partial charge in [0.15, 0.2) is 6.10 Å². The third-order valence-corrected chi connectivity index (χ3v) is 3.38. The Balaban J connectivity index is 1.91. The van der Waals surface area contributed by atoms with E-state index in [1.54, 1.807) is 6.08 Å². The van der Waals surface area contributed by atoms with Crippen molar-refractivity contribution in [2.75, 3.05) is 5.32 Å². The van der Waals surface area contributed by atoms with Crippen LogP contribution in [-0.2, 0) is 14.3 Å². The normalized spacial score (nSPS) is 12.0. The Bertz CT molecular complexity index is 762. The molecular formula is C18H15ClFNO3. The average Bonchev–Trinajstić information content (AvgIpc) is 2.56. The van der Waals surface area contributed by atoms with Crippen molar-refractivity contribution in [2.24, 2.45) is 0 Å². The van der Waals surface area contributed by atoms with Crippen molar-refractivity contribution in [3.05, 3.63) is 71.0 Å². The molecule has 4 nitrogen and oxygen atoms in total. The first-order chi connectivity index (χ1) is 11.5. The van der Waals surface area contributed by atoms with Gasteiger partial charge in [0.25, 0.3) is 5.91 Å². The van der Waals surface area contributed by atoms with E-state index in [4.69, 9.17) is 16.3 Å². The first kappa shape index (κ1) is 17.7. The first-order valence-corrected chi connectivity index (χ1v) is 7.53. The van der Waals surface area contributed by atoms with Gasteiger partial charge in [0.1, 0.15) is 5.82 Å². The van der Waals surface area contributed by atoms with Crippen molar-refractivity contribution in [3.63, 3.8) is 0 Å². The molecule has 0 fully saturated rings. The molecule has 1 atom stereocenters. The van der Waals surface area contributed by atoms with Crippen LogP contribution in [-0.4, -0.2) is 18.0 Å². The number of benzene rings is 2. The van der Waals surface area contributed by atoms with Crippen molar-refractivity contribution >= 4 is 35.2 Å². The molecule has 0 heterocycles. The van der Waals surface area contributed by atoms with Crippen molar-refractivity contribution in [1.82, 2.24) is 0 Å². The zero-order chi connectivity index (χ0) is 17.5. The molecule has 2 rings (SSSR count). The van der Waals surface area contributed by atoms with Crippen molar-refractivity contribution in [1.29, 1.82) is 0 Å². The van der Waals surface area contributed by atoms with Gasteiger partial charge in [-0.15, -0.1) is 0 Å². The van der Waals surface area contributed by atoms with Crippen LogP contribution in [0.5, 0.6) is 0 Å². The van der Waals surface area contributed by atoms with Gasteiger partial charge in [-0.05, 0) is 36.8 Å². The van der Waals surface area contributed by atoms with Crippen LogP contribution in [0, 0.1) is 5.82 Å². The molecule has 0 bridgehead atoms. The minimum absolute atomic E-state index is 0.0610. The number of ether oxygens (including phenoxy) is 1. The summed E-state index contributed by atoms with van der Waals surface area (Å²) in [5, 5.41) is 2.54. The van der Waals surface area contributed by atoms with Gasteiger partial charge in [-0.3, -0.25) is 4.79 Å². The molecule has 2 aromatic rings. The Morgan fingerprint density at radius 1 is 1.21 bits per heavy atom. The maximum absolute atomic E-state index is 13.0. The van der Waals surface area contributed by atoms with Crippen molar-refractivity contribution in [3.8, 4) is 0 Å². The Morgan fingerprint density at radius 3 is 2.58 bits per heavy atom. The van der Waals surface area contributed by atoms with Crippen LogP contribution < -0.4 is 5.32 Å². The molecule has 1 N–H and O–H groups in total. The predicted molar refractivity (Wildman–Crippen MR) is 91.1 cm³/mol. The summed E-state index contributed by atoms with van der Waals surface area (Å²) in [6.45, 7) is 1.43. The number of hydrogen-bond acceptors (Lipinski definition) is 3. The number of carbonyl (C=O) groups excluding carboxylic acids is 2. The van der Waals surface area contributed by atoms with Gasteiger partial charge in [-0.25, -0.2) is 9.18 Å². The fourth-order valence-electron chi connectivity index (χ4n) is 1.82. The summed E-state index contributed by atoms with van der Waals surface area (Å²) in [4.78, 5) is 23.7. The largest absolute Gasteiger partial charge is 0.449 e. The number of rotatable bonds is 5. The highest BCUT2D eigenvalue weighted by atomic mass is 35.5. The van der Waals surface area contributed by atoms with Gasteiger partial charge in [-0.2, -0.15) is 0 Å². The lowest BCUT2D eigenvalue weighted by Crippen LogP contribution is -2.29. The summed E-state index contributed by atoms with van der Waals surface area (Å²) >= 11 is 5.83. The SMILES string of the molecule is C[C@H](OC(=O)/C=C/c1ccccc1)C(=O)Nc1ccc(F)cc1Cl. The fourth-order valence-corrected chi connectivity index (χ4v) is 2.04. The van der Waals surface area contributed by atoms with Crippen molar-refractivity contribution < 1.29 is 18.7 Å². The van der Waals surface area contributed by atoms with Crippen LogP contribution in [0.2, 0.25) is 5.02 Å². The van der Waals surface area contributed by atoms with E-state index in [1.807, 2.05) is 30.3 Å². The number of halogens is 2. The third kappa shape index (κ3) is 5.21. The summed E-state index contributed by atoms with van der Waals surface area (Å²) in [5.41, 5.74) is 1.08. The van der Waals surface area contributed by atoms with Crippen molar-refractivity contribution in [2.45, 2.75) is 13.0 Å². The summed E-state index contributed by atoms with van der Waals surface area (Å²) < 4.78 is 18.0. The molecule has 0 unspecified atom stereocenters. The quantitative estimate of drug-likeness (QED) is 0.655. The highest BCUT2D eigenvalue weighted by molar-refractivity contribution is 6.33. The standard InChI is InChI=1S/C18H15ClFNO3/c1-12(18(23)21-16-9-8-14(20)11-15(16)19)24-17(22)10-7-13-5-3-2-4-6-13/h2-12H,1H3,(H,21,23)/b10-7+/t12-/m0/s1. The lowest BCUT2D eigenvalue weighted by atomic mass is 10.2. The van der Waals surface area contributed by atoms with Crippen LogP contribution in [0.4, 0.5) is 10.1 Å². The molecule has 0 saturated heterocycles. The van der Waals surface area contributed by atoms with Gasteiger partial charge in [0.05, 0.1) is 10.7 Å². The first-order valence-electron chi connectivity index (χ1n) is 7.15. The maximum atomic E-state index is 13.0. The number of amides is 1. The third-order valence-electron chi connectivity index (χ3n) is 3.06. The van der Waals surface area contributed by atoms with Gasteiger partial charge in [0, 0.05) is 6.08 Å². The summed E-state index contributed by atoms with van der Waals surface area (Å²) in [7, 11) is 0. The number of nitrogens with one attached hydrogen (secondary N) is 1. The van der Waals surface area contributed by atoms with E-state index in [-0.39, 0.29) is 10.7 Å². The molecular weight excluding hydrogens is 333 g/mol. The molecule has 0 saturated carbocycles. The highest BCUT2D eigenvalue weighted by Gasteiger charge is 2.17. The Hall–Kier alpha value is -2.66. The molecule has 0 spiro atoms. The molecule has 0 aliphatic rings. The van der Waals surface area contributed by atoms with E-state index in [0.29, 0.717) is 0 Å². The van der Waals surface area contributed by atoms with E-state index in [0.717, 1.165) is 11.6 Å². The van der Waals surface area contributed by atoms with Gasteiger partial charge in [-0.1, -0.05) is 41.9 Å². The molecule has 24 heavy (non-hydrogen) atoms. The molecule has 1 amide bonds. The molecule has 6 heteroatoms. The number of hydrogen-bond donors (Lipinski definition) is 1.